The van der Waals surface area contributed by atoms with Gasteiger partial charge in [0.05, 0.1) is 16.9 Å². The summed E-state index contributed by atoms with van der Waals surface area (Å²) in [6.45, 7) is 1.72. The van der Waals surface area contributed by atoms with Gasteiger partial charge in [-0.3, -0.25) is 20.4 Å². The van der Waals surface area contributed by atoms with E-state index in [9.17, 15) is 9.59 Å². The average molecular weight is 404 g/mol. The Balaban J connectivity index is 1.61. The minimum Gasteiger partial charge on any atom is -0.266 e. The molecule has 0 spiro atoms. The number of carbonyl (C=O) groups excluding carboxylic acids is 2. The molecule has 0 fully saturated rings. The topological polar surface area (TPSA) is 102 Å². The van der Waals surface area contributed by atoms with Gasteiger partial charge in [-0.2, -0.15) is 0 Å². The molecule has 4 rings (SSSR count). The first-order valence-corrected chi connectivity index (χ1v) is 9.60. The van der Waals surface area contributed by atoms with Crippen LogP contribution in [0.25, 0.3) is 17.1 Å². The van der Waals surface area contributed by atoms with Crippen molar-refractivity contribution in [2.45, 2.75) is 6.92 Å². The van der Waals surface area contributed by atoms with Crippen molar-refractivity contribution in [3.8, 4) is 17.1 Å². The number of thiazole rings is 1. The first-order chi connectivity index (χ1) is 14.1. The molecule has 0 unspecified atom stereocenters. The molecule has 0 aliphatic rings. The normalized spacial score (nSPS) is 10.5. The molecule has 0 aliphatic heterocycles. The van der Waals surface area contributed by atoms with Gasteiger partial charge in [0, 0.05) is 5.56 Å². The molecule has 0 atom stereocenters. The highest BCUT2D eigenvalue weighted by molar-refractivity contribution is 7.11. The van der Waals surface area contributed by atoms with Crippen LogP contribution in [0.4, 0.5) is 0 Å². The fourth-order valence-corrected chi connectivity index (χ4v) is 3.38. The van der Waals surface area contributed by atoms with Gasteiger partial charge in [-0.25, -0.2) is 14.6 Å². The Morgan fingerprint density at radius 2 is 1.59 bits per heavy atom. The fourth-order valence-electron chi connectivity index (χ4n) is 2.68. The molecule has 0 saturated heterocycles. The van der Waals surface area contributed by atoms with Gasteiger partial charge in [0.2, 0.25) is 5.82 Å². The van der Waals surface area contributed by atoms with Gasteiger partial charge >= 0.3 is 5.91 Å². The van der Waals surface area contributed by atoms with Gasteiger partial charge in [0.15, 0.2) is 5.82 Å². The highest BCUT2D eigenvalue weighted by atomic mass is 32.1. The molecule has 9 heteroatoms. The Labute approximate surface area is 170 Å². The first kappa shape index (κ1) is 18.5. The van der Waals surface area contributed by atoms with Gasteiger partial charge < -0.3 is 0 Å². The molecule has 0 saturated carbocycles. The van der Waals surface area contributed by atoms with Crippen molar-refractivity contribution >= 4 is 23.2 Å². The van der Waals surface area contributed by atoms with Gasteiger partial charge in [-0.15, -0.1) is 16.4 Å². The van der Waals surface area contributed by atoms with E-state index in [4.69, 9.17) is 0 Å². The van der Waals surface area contributed by atoms with Gasteiger partial charge in [0.1, 0.15) is 4.88 Å². The second kappa shape index (κ2) is 8.03. The van der Waals surface area contributed by atoms with E-state index in [1.807, 2.05) is 60.7 Å². The molecule has 29 heavy (non-hydrogen) atoms. The molecule has 144 valence electrons. The van der Waals surface area contributed by atoms with E-state index >= 15 is 0 Å². The second-order valence-electron chi connectivity index (χ2n) is 6.05. The standard InChI is InChI=1S/C20H16N6O2S/c1-13-16(29-12-21-13)19(27)23-24-20(28)17-22-18(14-8-4-2-5-9-14)26(25-17)15-10-6-3-7-11-15/h2-12H,1H3,(H,23,27)(H,24,28). The summed E-state index contributed by atoms with van der Waals surface area (Å²) >= 11 is 1.20. The fraction of sp³-hybridized carbons (Fsp3) is 0.0500. The van der Waals surface area contributed by atoms with E-state index < -0.39 is 11.8 Å². The van der Waals surface area contributed by atoms with Crippen LogP contribution < -0.4 is 10.9 Å². The summed E-state index contributed by atoms with van der Waals surface area (Å²) in [4.78, 5) is 33.6. The maximum Gasteiger partial charge on any atom is 0.309 e. The van der Waals surface area contributed by atoms with E-state index in [1.54, 1.807) is 17.1 Å². The second-order valence-corrected chi connectivity index (χ2v) is 6.90. The summed E-state index contributed by atoms with van der Waals surface area (Å²) in [5.41, 5.74) is 8.48. The van der Waals surface area contributed by atoms with Crippen molar-refractivity contribution in [2.24, 2.45) is 0 Å². The van der Waals surface area contributed by atoms with Crippen LogP contribution in [-0.4, -0.2) is 31.6 Å². The molecule has 0 radical (unpaired) electrons. The monoisotopic (exact) mass is 404 g/mol. The van der Waals surface area contributed by atoms with Crippen molar-refractivity contribution < 1.29 is 9.59 Å². The largest absolute Gasteiger partial charge is 0.309 e. The smallest absolute Gasteiger partial charge is 0.266 e. The number of hydrogen-bond donors (Lipinski definition) is 2. The average Bonchev–Trinajstić information content (AvgIpc) is 3.40. The predicted octanol–water partition coefficient (Wildman–Crippen LogP) is 2.77. The number of rotatable bonds is 4. The number of aryl methyl sites for hydroxylation is 1. The summed E-state index contributed by atoms with van der Waals surface area (Å²) < 4.78 is 1.60. The zero-order valence-corrected chi connectivity index (χ0v) is 16.2. The molecule has 2 N–H and O–H groups in total. The van der Waals surface area contributed by atoms with Crippen LogP contribution in [-0.2, 0) is 0 Å². The number of nitrogens with zero attached hydrogens (tertiary/aromatic N) is 4. The number of carbonyl (C=O) groups is 2. The van der Waals surface area contributed by atoms with E-state index in [0.29, 0.717) is 16.4 Å². The van der Waals surface area contributed by atoms with Gasteiger partial charge in [0.25, 0.3) is 5.91 Å². The summed E-state index contributed by atoms with van der Waals surface area (Å²) in [6, 6.07) is 18.8. The Morgan fingerprint density at radius 1 is 0.931 bits per heavy atom. The van der Waals surface area contributed by atoms with Gasteiger partial charge in [-0.05, 0) is 19.1 Å². The van der Waals surface area contributed by atoms with Crippen molar-refractivity contribution in [3.05, 3.63) is 82.6 Å². The van der Waals surface area contributed by atoms with Crippen LogP contribution in [0.2, 0.25) is 0 Å². The van der Waals surface area contributed by atoms with Crippen LogP contribution in [0.15, 0.2) is 66.2 Å². The van der Waals surface area contributed by atoms with Crippen LogP contribution >= 0.6 is 11.3 Å². The lowest BCUT2D eigenvalue weighted by Gasteiger charge is -2.05. The SMILES string of the molecule is Cc1ncsc1C(=O)NNC(=O)c1nc(-c2ccccc2)n(-c2ccccc2)n1. The van der Waals surface area contributed by atoms with Crippen molar-refractivity contribution in [3.63, 3.8) is 0 Å². The van der Waals surface area contributed by atoms with Crippen LogP contribution in [0, 0.1) is 6.92 Å². The van der Waals surface area contributed by atoms with Crippen LogP contribution in [0.1, 0.15) is 26.0 Å². The summed E-state index contributed by atoms with van der Waals surface area (Å²) in [6.07, 6.45) is 0. The molecule has 0 aliphatic carbocycles. The molecule has 4 aromatic rings. The Kier molecular flexibility index (Phi) is 5.12. The number of nitrogens with one attached hydrogen (secondary N) is 2. The zero-order chi connectivity index (χ0) is 20.2. The predicted molar refractivity (Wildman–Crippen MR) is 109 cm³/mol. The first-order valence-electron chi connectivity index (χ1n) is 8.72. The van der Waals surface area contributed by atoms with Crippen LogP contribution in [0.5, 0.6) is 0 Å². The quantitative estimate of drug-likeness (QED) is 0.509. The summed E-state index contributed by atoms with van der Waals surface area (Å²) in [5.74, 6) is -0.600. The molecule has 2 amide bonds. The van der Waals surface area contributed by atoms with E-state index in [1.165, 1.54) is 11.3 Å². The number of amides is 2. The molecular weight excluding hydrogens is 388 g/mol. The molecule has 8 nitrogen and oxygen atoms in total. The number of para-hydroxylation sites is 1. The minimum absolute atomic E-state index is 0.0611. The molecule has 0 bridgehead atoms. The number of benzene rings is 2. The van der Waals surface area contributed by atoms with Crippen LogP contribution in [0.3, 0.4) is 0 Å². The molecule has 2 heterocycles. The Morgan fingerprint density at radius 3 is 2.24 bits per heavy atom. The third kappa shape index (κ3) is 3.90. The highest BCUT2D eigenvalue weighted by Crippen LogP contribution is 2.21. The van der Waals surface area contributed by atoms with Crippen molar-refractivity contribution in [1.82, 2.24) is 30.6 Å². The van der Waals surface area contributed by atoms with E-state index in [-0.39, 0.29) is 5.82 Å². The lowest BCUT2D eigenvalue weighted by molar-refractivity contribution is 0.0842. The maximum absolute atomic E-state index is 12.6. The molecule has 2 aromatic carbocycles. The lowest BCUT2D eigenvalue weighted by Crippen LogP contribution is -2.42. The Hall–Kier alpha value is -3.85. The van der Waals surface area contributed by atoms with E-state index in [2.05, 4.69) is 25.9 Å². The molecular formula is C20H16N6O2S. The Bertz CT molecular complexity index is 1100. The number of hydrogen-bond acceptors (Lipinski definition) is 6. The maximum atomic E-state index is 12.6. The molecule has 2 aromatic heterocycles. The highest BCUT2D eigenvalue weighted by Gasteiger charge is 2.20. The third-order valence-electron chi connectivity index (χ3n) is 4.08. The zero-order valence-electron chi connectivity index (χ0n) is 15.4. The van der Waals surface area contributed by atoms with Crippen molar-refractivity contribution in [1.29, 1.82) is 0 Å². The van der Waals surface area contributed by atoms with Gasteiger partial charge in [-0.1, -0.05) is 48.5 Å². The number of hydrazine groups is 1. The lowest BCUT2D eigenvalue weighted by atomic mass is 10.2. The van der Waals surface area contributed by atoms with Crippen molar-refractivity contribution in [2.75, 3.05) is 0 Å². The minimum atomic E-state index is -0.618. The van der Waals surface area contributed by atoms with E-state index in [0.717, 1.165) is 11.3 Å². The third-order valence-corrected chi connectivity index (χ3v) is 5.01. The summed E-state index contributed by atoms with van der Waals surface area (Å²) in [7, 11) is 0. The summed E-state index contributed by atoms with van der Waals surface area (Å²) in [5, 5.41) is 4.35. The number of aromatic nitrogens is 4.